The van der Waals surface area contributed by atoms with Crippen molar-refractivity contribution < 1.29 is 14.7 Å². The molecule has 0 spiro atoms. The number of nitrogens with one attached hydrogen (secondary N) is 1. The van der Waals surface area contributed by atoms with E-state index in [-0.39, 0.29) is 18.0 Å². The van der Waals surface area contributed by atoms with Crippen molar-refractivity contribution in [2.24, 2.45) is 5.92 Å². The minimum Gasteiger partial charge on any atom is -0.480 e. The Labute approximate surface area is 116 Å². The number of unbranched alkanes of at least 4 members (excludes halogenated alkanes) is 2. The number of amides is 2. The number of rotatable bonds is 8. The van der Waals surface area contributed by atoms with Crippen LogP contribution in [0.2, 0.25) is 0 Å². The van der Waals surface area contributed by atoms with E-state index in [1.54, 1.807) is 18.7 Å². The first kappa shape index (κ1) is 17.7. The van der Waals surface area contributed by atoms with Crippen LogP contribution >= 0.6 is 0 Å². The molecule has 1 atom stereocenters. The molecule has 0 fully saturated rings. The van der Waals surface area contributed by atoms with Crippen LogP contribution in [0.5, 0.6) is 0 Å². The Morgan fingerprint density at radius 3 is 2.11 bits per heavy atom. The van der Waals surface area contributed by atoms with Crippen LogP contribution in [0, 0.1) is 5.92 Å². The lowest BCUT2D eigenvalue weighted by molar-refractivity contribution is -0.140. The zero-order valence-corrected chi connectivity index (χ0v) is 12.8. The lowest BCUT2D eigenvalue weighted by atomic mass is 10.1. The summed E-state index contributed by atoms with van der Waals surface area (Å²) in [5.74, 6) is -1.12. The molecule has 0 saturated carbocycles. The van der Waals surface area contributed by atoms with Crippen molar-refractivity contribution in [3.05, 3.63) is 0 Å². The minimum atomic E-state index is -0.986. The van der Waals surface area contributed by atoms with E-state index in [9.17, 15) is 9.59 Å². The molecule has 0 radical (unpaired) electrons. The van der Waals surface area contributed by atoms with E-state index in [0.717, 1.165) is 19.3 Å². The van der Waals surface area contributed by atoms with Gasteiger partial charge in [0.25, 0.3) is 0 Å². The summed E-state index contributed by atoms with van der Waals surface area (Å²) in [5.41, 5.74) is 0. The van der Waals surface area contributed by atoms with Gasteiger partial charge in [0.15, 0.2) is 0 Å². The number of carboxylic acid groups (broad SMARTS) is 1. The van der Waals surface area contributed by atoms with Gasteiger partial charge >= 0.3 is 12.0 Å². The van der Waals surface area contributed by atoms with Gasteiger partial charge in [-0.2, -0.15) is 0 Å². The lowest BCUT2D eigenvalue weighted by Gasteiger charge is -2.29. The third kappa shape index (κ3) is 6.45. The van der Waals surface area contributed by atoms with Gasteiger partial charge in [-0.3, -0.25) is 0 Å². The topological polar surface area (TPSA) is 69.6 Å². The average molecular weight is 272 g/mol. The maximum absolute atomic E-state index is 12.1. The van der Waals surface area contributed by atoms with Crippen molar-refractivity contribution in [1.29, 1.82) is 0 Å². The highest BCUT2D eigenvalue weighted by Gasteiger charge is 2.26. The fourth-order valence-electron chi connectivity index (χ4n) is 1.86. The van der Waals surface area contributed by atoms with E-state index >= 15 is 0 Å². The Bertz CT molecular complexity index is 290. The number of urea groups is 1. The van der Waals surface area contributed by atoms with E-state index in [1.165, 1.54) is 0 Å². The highest BCUT2D eigenvalue weighted by Crippen LogP contribution is 2.07. The summed E-state index contributed by atoms with van der Waals surface area (Å²) in [5, 5.41) is 11.7. The van der Waals surface area contributed by atoms with Crippen LogP contribution in [-0.4, -0.2) is 40.6 Å². The zero-order chi connectivity index (χ0) is 15.0. The van der Waals surface area contributed by atoms with E-state index < -0.39 is 12.0 Å². The molecule has 19 heavy (non-hydrogen) atoms. The van der Waals surface area contributed by atoms with Gasteiger partial charge in [0.1, 0.15) is 6.04 Å². The van der Waals surface area contributed by atoms with Crippen molar-refractivity contribution in [3.8, 4) is 0 Å². The number of hydrogen-bond donors (Lipinski definition) is 2. The van der Waals surface area contributed by atoms with Crippen molar-refractivity contribution in [3.63, 3.8) is 0 Å². The van der Waals surface area contributed by atoms with Gasteiger partial charge in [-0.05, 0) is 26.2 Å². The second-order valence-electron chi connectivity index (χ2n) is 5.50. The van der Waals surface area contributed by atoms with Crippen molar-refractivity contribution in [1.82, 2.24) is 10.2 Å². The highest BCUT2D eigenvalue weighted by atomic mass is 16.4. The summed E-state index contributed by atoms with van der Waals surface area (Å²) in [6, 6.07) is -1.05. The minimum absolute atomic E-state index is 0.0680. The Kier molecular flexibility index (Phi) is 8.19. The molecule has 0 aromatic carbocycles. The second kappa shape index (κ2) is 8.77. The average Bonchev–Trinajstić information content (AvgIpc) is 2.30. The highest BCUT2D eigenvalue weighted by molar-refractivity contribution is 5.82. The van der Waals surface area contributed by atoms with Crippen LogP contribution in [-0.2, 0) is 4.79 Å². The SMILES string of the molecule is CCCCCN(C(=O)N[C@@H](C(=O)O)C(C)C)C(C)C. The molecular weight excluding hydrogens is 244 g/mol. The van der Waals surface area contributed by atoms with Crippen LogP contribution < -0.4 is 5.32 Å². The third-order valence-corrected chi connectivity index (χ3v) is 3.10. The monoisotopic (exact) mass is 272 g/mol. The molecule has 0 unspecified atom stereocenters. The predicted octanol–water partition coefficient (Wildman–Crippen LogP) is 2.71. The third-order valence-electron chi connectivity index (χ3n) is 3.10. The number of carbonyl (C=O) groups excluding carboxylic acids is 1. The first-order valence-corrected chi connectivity index (χ1v) is 7.11. The molecule has 0 rings (SSSR count). The fourth-order valence-corrected chi connectivity index (χ4v) is 1.86. The van der Waals surface area contributed by atoms with Gasteiger partial charge in [-0.15, -0.1) is 0 Å². The molecule has 112 valence electrons. The number of carbonyl (C=O) groups is 2. The van der Waals surface area contributed by atoms with Crippen molar-refractivity contribution in [2.45, 2.75) is 66.0 Å². The van der Waals surface area contributed by atoms with Crippen LogP contribution in [0.25, 0.3) is 0 Å². The predicted molar refractivity (Wildman–Crippen MR) is 76.2 cm³/mol. The molecule has 2 N–H and O–H groups in total. The molecule has 0 saturated heterocycles. The summed E-state index contributed by atoms with van der Waals surface area (Å²) >= 11 is 0. The van der Waals surface area contributed by atoms with Gasteiger partial charge in [-0.1, -0.05) is 33.6 Å². The molecule has 0 aliphatic carbocycles. The first-order valence-electron chi connectivity index (χ1n) is 7.11. The smallest absolute Gasteiger partial charge is 0.326 e. The maximum atomic E-state index is 12.1. The molecule has 5 nitrogen and oxygen atoms in total. The van der Waals surface area contributed by atoms with E-state index in [0.29, 0.717) is 6.54 Å². The molecule has 0 bridgehead atoms. The number of aliphatic carboxylic acids is 1. The molecular formula is C14H28N2O3. The Morgan fingerprint density at radius 1 is 1.16 bits per heavy atom. The van der Waals surface area contributed by atoms with Gasteiger partial charge in [0.05, 0.1) is 0 Å². The Morgan fingerprint density at radius 2 is 1.74 bits per heavy atom. The molecule has 0 aliphatic heterocycles. The summed E-state index contributed by atoms with van der Waals surface area (Å²) in [4.78, 5) is 24.9. The summed E-state index contributed by atoms with van der Waals surface area (Å²) in [6.45, 7) is 10.2. The molecule has 0 aliphatic rings. The van der Waals surface area contributed by atoms with Crippen molar-refractivity contribution >= 4 is 12.0 Å². The summed E-state index contributed by atoms with van der Waals surface area (Å²) < 4.78 is 0. The van der Waals surface area contributed by atoms with Gasteiger partial charge in [0.2, 0.25) is 0 Å². The van der Waals surface area contributed by atoms with Gasteiger partial charge in [0, 0.05) is 12.6 Å². The number of nitrogens with zero attached hydrogens (tertiary/aromatic N) is 1. The summed E-state index contributed by atoms with van der Waals surface area (Å²) in [6.07, 6.45) is 3.11. The van der Waals surface area contributed by atoms with E-state index in [4.69, 9.17) is 5.11 Å². The van der Waals surface area contributed by atoms with Crippen LogP contribution in [0.3, 0.4) is 0 Å². The first-order chi connectivity index (χ1) is 8.81. The Balaban J connectivity index is 4.58. The maximum Gasteiger partial charge on any atom is 0.326 e. The normalized spacial score (nSPS) is 12.6. The second-order valence-corrected chi connectivity index (χ2v) is 5.50. The molecule has 0 aromatic heterocycles. The largest absolute Gasteiger partial charge is 0.480 e. The van der Waals surface area contributed by atoms with Crippen LogP contribution in [0.1, 0.15) is 53.9 Å². The van der Waals surface area contributed by atoms with Crippen molar-refractivity contribution in [2.75, 3.05) is 6.54 Å². The molecule has 5 heteroatoms. The number of carboxylic acids is 1. The van der Waals surface area contributed by atoms with Gasteiger partial charge in [-0.25, -0.2) is 9.59 Å². The van der Waals surface area contributed by atoms with E-state index in [1.807, 2.05) is 13.8 Å². The van der Waals surface area contributed by atoms with E-state index in [2.05, 4.69) is 12.2 Å². The van der Waals surface area contributed by atoms with Gasteiger partial charge < -0.3 is 15.3 Å². The number of hydrogen-bond acceptors (Lipinski definition) is 2. The lowest BCUT2D eigenvalue weighted by Crippen LogP contribution is -2.52. The standard InChI is InChI=1S/C14H28N2O3/c1-6-7-8-9-16(11(4)5)14(19)15-12(10(2)3)13(17)18/h10-12H,6-9H2,1-5H3,(H,15,19)(H,17,18)/t12-/m1/s1. The zero-order valence-electron chi connectivity index (χ0n) is 12.8. The molecule has 0 heterocycles. The molecule has 2 amide bonds. The Hall–Kier alpha value is -1.26. The quantitative estimate of drug-likeness (QED) is 0.667. The summed E-state index contributed by atoms with van der Waals surface area (Å²) in [7, 11) is 0. The van der Waals surface area contributed by atoms with Crippen LogP contribution in [0.15, 0.2) is 0 Å². The van der Waals surface area contributed by atoms with Crippen LogP contribution in [0.4, 0.5) is 4.79 Å². The molecule has 0 aromatic rings. The fraction of sp³-hybridized carbons (Fsp3) is 0.857.